The fraction of sp³-hybridized carbons (Fsp3) is 0.417. The van der Waals surface area contributed by atoms with Gasteiger partial charge in [0.1, 0.15) is 0 Å². The summed E-state index contributed by atoms with van der Waals surface area (Å²) in [4.78, 5) is 11.6. The van der Waals surface area contributed by atoms with Crippen LogP contribution in [0.3, 0.4) is 0 Å². The van der Waals surface area contributed by atoms with E-state index in [-0.39, 0.29) is 18.7 Å². The molecule has 0 bridgehead atoms. The van der Waals surface area contributed by atoms with Gasteiger partial charge in [0.2, 0.25) is 0 Å². The molecule has 0 heterocycles. The SMILES string of the molecule is CCC(CO)NC(=O)Nc1ccc(C)c(Cl)c1. The molecular weight excluding hydrogens is 240 g/mol. The third-order valence-corrected chi connectivity index (χ3v) is 2.89. The van der Waals surface area contributed by atoms with Crippen molar-refractivity contribution >= 4 is 23.3 Å². The van der Waals surface area contributed by atoms with Crippen LogP contribution in [0.4, 0.5) is 10.5 Å². The van der Waals surface area contributed by atoms with Gasteiger partial charge in [0, 0.05) is 10.7 Å². The molecule has 1 atom stereocenters. The van der Waals surface area contributed by atoms with Gasteiger partial charge in [-0.1, -0.05) is 24.6 Å². The number of urea groups is 1. The number of rotatable bonds is 4. The largest absolute Gasteiger partial charge is 0.394 e. The molecule has 0 aliphatic heterocycles. The van der Waals surface area contributed by atoms with Crippen LogP contribution in [-0.2, 0) is 0 Å². The summed E-state index contributed by atoms with van der Waals surface area (Å²) in [6.07, 6.45) is 0.679. The number of halogens is 1. The van der Waals surface area contributed by atoms with E-state index in [2.05, 4.69) is 10.6 Å². The quantitative estimate of drug-likeness (QED) is 0.775. The number of aryl methyl sites for hydroxylation is 1. The molecule has 94 valence electrons. The maximum absolute atomic E-state index is 11.6. The molecule has 1 unspecified atom stereocenters. The van der Waals surface area contributed by atoms with Gasteiger partial charge in [0.05, 0.1) is 12.6 Å². The van der Waals surface area contributed by atoms with Crippen LogP contribution >= 0.6 is 11.6 Å². The van der Waals surface area contributed by atoms with E-state index in [1.807, 2.05) is 19.9 Å². The first-order valence-corrected chi connectivity index (χ1v) is 5.89. The number of carbonyl (C=O) groups excluding carboxylic acids is 1. The van der Waals surface area contributed by atoms with Gasteiger partial charge in [-0.3, -0.25) is 0 Å². The van der Waals surface area contributed by atoms with Crippen molar-refractivity contribution in [2.75, 3.05) is 11.9 Å². The zero-order chi connectivity index (χ0) is 12.8. The highest BCUT2D eigenvalue weighted by atomic mass is 35.5. The minimum absolute atomic E-state index is 0.0709. The zero-order valence-corrected chi connectivity index (χ0v) is 10.7. The first-order valence-electron chi connectivity index (χ1n) is 5.51. The molecule has 0 aliphatic carbocycles. The van der Waals surface area contributed by atoms with E-state index in [4.69, 9.17) is 16.7 Å². The zero-order valence-electron chi connectivity index (χ0n) is 9.96. The fourth-order valence-electron chi connectivity index (χ4n) is 1.30. The number of hydrogen-bond acceptors (Lipinski definition) is 2. The Morgan fingerprint density at radius 3 is 2.76 bits per heavy atom. The molecule has 4 nitrogen and oxygen atoms in total. The minimum atomic E-state index is -0.342. The highest BCUT2D eigenvalue weighted by molar-refractivity contribution is 6.31. The number of aliphatic hydroxyl groups is 1. The lowest BCUT2D eigenvalue weighted by Gasteiger charge is -2.15. The summed E-state index contributed by atoms with van der Waals surface area (Å²) in [6.45, 7) is 3.72. The molecule has 0 aromatic heterocycles. The van der Waals surface area contributed by atoms with Gasteiger partial charge in [0.25, 0.3) is 0 Å². The van der Waals surface area contributed by atoms with Crippen molar-refractivity contribution in [3.8, 4) is 0 Å². The van der Waals surface area contributed by atoms with Gasteiger partial charge in [-0.2, -0.15) is 0 Å². The van der Waals surface area contributed by atoms with Crippen molar-refractivity contribution in [1.29, 1.82) is 0 Å². The highest BCUT2D eigenvalue weighted by Gasteiger charge is 2.09. The van der Waals surface area contributed by atoms with Gasteiger partial charge < -0.3 is 15.7 Å². The van der Waals surface area contributed by atoms with Crippen molar-refractivity contribution < 1.29 is 9.90 Å². The molecule has 3 N–H and O–H groups in total. The normalized spacial score (nSPS) is 12.0. The molecule has 0 aliphatic rings. The number of amides is 2. The summed E-state index contributed by atoms with van der Waals surface area (Å²) < 4.78 is 0. The smallest absolute Gasteiger partial charge is 0.319 e. The maximum atomic E-state index is 11.6. The Bertz CT molecular complexity index is 392. The van der Waals surface area contributed by atoms with Gasteiger partial charge in [-0.05, 0) is 31.0 Å². The fourth-order valence-corrected chi connectivity index (χ4v) is 1.48. The molecular formula is C12H17ClN2O2. The summed E-state index contributed by atoms with van der Waals surface area (Å²) >= 11 is 5.95. The first kappa shape index (κ1) is 13.8. The number of carbonyl (C=O) groups is 1. The second kappa shape index (κ2) is 6.47. The molecule has 1 rings (SSSR count). The van der Waals surface area contributed by atoms with Gasteiger partial charge in [0.15, 0.2) is 0 Å². The van der Waals surface area contributed by atoms with Crippen LogP contribution in [0, 0.1) is 6.92 Å². The second-order valence-corrected chi connectivity index (χ2v) is 4.26. The number of aliphatic hydroxyl groups excluding tert-OH is 1. The number of hydrogen-bond donors (Lipinski definition) is 3. The molecule has 1 aromatic carbocycles. The Morgan fingerprint density at radius 1 is 1.53 bits per heavy atom. The van der Waals surface area contributed by atoms with Crippen LogP contribution < -0.4 is 10.6 Å². The monoisotopic (exact) mass is 256 g/mol. The standard InChI is InChI=1S/C12H17ClN2O2/c1-3-9(7-16)14-12(17)15-10-5-4-8(2)11(13)6-10/h4-6,9,16H,3,7H2,1-2H3,(H2,14,15,17). The van der Waals surface area contributed by atoms with Crippen LogP contribution in [0.15, 0.2) is 18.2 Å². The number of nitrogens with one attached hydrogen (secondary N) is 2. The van der Waals surface area contributed by atoms with Crippen molar-refractivity contribution in [2.45, 2.75) is 26.3 Å². The predicted octanol–water partition coefficient (Wildman–Crippen LogP) is 2.54. The third kappa shape index (κ3) is 4.24. The molecule has 0 saturated carbocycles. The summed E-state index contributed by atoms with van der Waals surface area (Å²) in [7, 11) is 0. The predicted molar refractivity (Wildman–Crippen MR) is 69.5 cm³/mol. The van der Waals surface area contributed by atoms with Crippen LogP contribution in [0.1, 0.15) is 18.9 Å². The van der Waals surface area contributed by atoms with Crippen LogP contribution in [-0.4, -0.2) is 23.8 Å². The molecule has 1 aromatic rings. The van der Waals surface area contributed by atoms with E-state index in [1.165, 1.54) is 0 Å². The van der Waals surface area contributed by atoms with E-state index in [0.717, 1.165) is 5.56 Å². The molecule has 0 spiro atoms. The molecule has 0 saturated heterocycles. The van der Waals surface area contributed by atoms with Crippen molar-refractivity contribution in [1.82, 2.24) is 5.32 Å². The minimum Gasteiger partial charge on any atom is -0.394 e. The van der Waals surface area contributed by atoms with Gasteiger partial charge >= 0.3 is 6.03 Å². The molecule has 17 heavy (non-hydrogen) atoms. The summed E-state index contributed by atoms with van der Waals surface area (Å²) in [5, 5.41) is 14.9. The average Bonchev–Trinajstić information content (AvgIpc) is 2.31. The topological polar surface area (TPSA) is 61.4 Å². The van der Waals surface area contributed by atoms with E-state index in [9.17, 15) is 4.79 Å². The lowest BCUT2D eigenvalue weighted by molar-refractivity contribution is 0.222. The lowest BCUT2D eigenvalue weighted by Crippen LogP contribution is -2.39. The summed E-state index contributed by atoms with van der Waals surface area (Å²) in [5.74, 6) is 0. The molecule has 2 amide bonds. The maximum Gasteiger partial charge on any atom is 0.319 e. The Kier molecular flexibility index (Phi) is 5.25. The lowest BCUT2D eigenvalue weighted by atomic mass is 10.2. The summed E-state index contributed by atoms with van der Waals surface area (Å²) in [5.41, 5.74) is 1.59. The molecule has 0 radical (unpaired) electrons. The summed E-state index contributed by atoms with van der Waals surface area (Å²) in [6, 6.07) is 4.74. The molecule has 0 fully saturated rings. The van der Waals surface area contributed by atoms with E-state index < -0.39 is 0 Å². The number of anilines is 1. The Morgan fingerprint density at radius 2 is 2.24 bits per heavy atom. The van der Waals surface area contributed by atoms with Gasteiger partial charge in [-0.25, -0.2) is 4.79 Å². The van der Waals surface area contributed by atoms with E-state index >= 15 is 0 Å². The van der Waals surface area contributed by atoms with E-state index in [1.54, 1.807) is 12.1 Å². The van der Waals surface area contributed by atoms with Crippen molar-refractivity contribution in [3.63, 3.8) is 0 Å². The Balaban J connectivity index is 2.58. The first-order chi connectivity index (χ1) is 8.06. The van der Waals surface area contributed by atoms with Crippen LogP contribution in [0.5, 0.6) is 0 Å². The Labute approximate surface area is 106 Å². The van der Waals surface area contributed by atoms with Gasteiger partial charge in [-0.15, -0.1) is 0 Å². The highest BCUT2D eigenvalue weighted by Crippen LogP contribution is 2.19. The third-order valence-electron chi connectivity index (χ3n) is 2.48. The van der Waals surface area contributed by atoms with E-state index in [0.29, 0.717) is 17.1 Å². The molecule has 5 heteroatoms. The van der Waals surface area contributed by atoms with Crippen LogP contribution in [0.2, 0.25) is 5.02 Å². The van der Waals surface area contributed by atoms with Crippen molar-refractivity contribution in [2.24, 2.45) is 0 Å². The second-order valence-electron chi connectivity index (χ2n) is 3.85. The number of benzene rings is 1. The van der Waals surface area contributed by atoms with Crippen LogP contribution in [0.25, 0.3) is 0 Å². The average molecular weight is 257 g/mol. The Hall–Kier alpha value is -1.26. The van der Waals surface area contributed by atoms with Crippen molar-refractivity contribution in [3.05, 3.63) is 28.8 Å².